The maximum absolute atomic E-state index is 5.15. The number of hydrogen-bond donors (Lipinski definition) is 2. The van der Waals surface area contributed by atoms with E-state index in [1.165, 1.54) is 0 Å². The van der Waals surface area contributed by atoms with E-state index in [1.54, 1.807) is 20.3 Å². The maximum Gasteiger partial charge on any atom is 0.227 e. The van der Waals surface area contributed by atoms with Crippen LogP contribution in [0, 0.1) is 0 Å². The molecule has 0 amide bonds. The lowest BCUT2D eigenvalue weighted by Gasteiger charge is -2.12. The summed E-state index contributed by atoms with van der Waals surface area (Å²) in [6.45, 7) is 5.59. The van der Waals surface area contributed by atoms with Crippen molar-refractivity contribution in [2.24, 2.45) is 0 Å². The zero-order valence-corrected chi connectivity index (χ0v) is 11.5. The molecule has 0 aromatic carbocycles. The number of nitrogens with one attached hydrogen (secondary N) is 2. The average molecular weight is 254 g/mol. The molecule has 1 aromatic rings. The number of ether oxygens (including phenoxy) is 2. The van der Waals surface area contributed by atoms with Crippen molar-refractivity contribution in [1.29, 1.82) is 0 Å². The molecule has 0 atom stereocenters. The Bertz CT molecular complexity index is 358. The van der Waals surface area contributed by atoms with Gasteiger partial charge in [0, 0.05) is 32.4 Å². The number of hydrogen-bond acceptors (Lipinski definition) is 6. The van der Waals surface area contributed by atoms with Crippen molar-refractivity contribution in [1.82, 2.24) is 9.97 Å². The number of anilines is 2. The topological polar surface area (TPSA) is 68.3 Å². The molecule has 0 aliphatic rings. The molecule has 0 saturated heterocycles. The zero-order chi connectivity index (χ0) is 13.4. The van der Waals surface area contributed by atoms with Crippen LogP contribution in [0.15, 0.2) is 6.07 Å². The van der Waals surface area contributed by atoms with Gasteiger partial charge in [-0.3, -0.25) is 0 Å². The molecule has 2 N–H and O–H groups in total. The second kappa shape index (κ2) is 7.71. The second-order valence-electron chi connectivity index (χ2n) is 4.19. The van der Waals surface area contributed by atoms with E-state index < -0.39 is 0 Å². The van der Waals surface area contributed by atoms with Crippen LogP contribution < -0.4 is 15.4 Å². The van der Waals surface area contributed by atoms with E-state index in [2.05, 4.69) is 34.4 Å². The number of aromatic nitrogens is 2. The van der Waals surface area contributed by atoms with E-state index in [-0.39, 0.29) is 0 Å². The Morgan fingerprint density at radius 2 is 2.06 bits per heavy atom. The van der Waals surface area contributed by atoms with Crippen LogP contribution in [0.3, 0.4) is 0 Å². The summed E-state index contributed by atoms with van der Waals surface area (Å²) in [4.78, 5) is 8.60. The van der Waals surface area contributed by atoms with Crippen molar-refractivity contribution < 1.29 is 9.47 Å². The molecule has 1 heterocycles. The van der Waals surface area contributed by atoms with Gasteiger partial charge in [-0.2, -0.15) is 9.97 Å². The Hall–Kier alpha value is -1.56. The van der Waals surface area contributed by atoms with Crippen molar-refractivity contribution in [2.75, 3.05) is 38.0 Å². The fraction of sp³-hybridized carbons (Fsp3) is 0.667. The first-order valence-corrected chi connectivity index (χ1v) is 6.08. The normalized spacial score (nSPS) is 10.5. The Morgan fingerprint density at radius 3 is 2.67 bits per heavy atom. The predicted molar refractivity (Wildman–Crippen MR) is 72.3 cm³/mol. The van der Waals surface area contributed by atoms with Crippen molar-refractivity contribution in [3.63, 3.8) is 0 Å². The lowest BCUT2D eigenvalue weighted by atomic mass is 10.4. The Kier molecular flexibility index (Phi) is 6.21. The quantitative estimate of drug-likeness (QED) is 0.689. The minimum absolute atomic E-state index is 0.311. The molecule has 6 nitrogen and oxygen atoms in total. The minimum Gasteiger partial charge on any atom is -0.481 e. The number of rotatable bonds is 8. The molecule has 6 heteroatoms. The van der Waals surface area contributed by atoms with E-state index in [1.807, 2.05) is 0 Å². The molecule has 0 fully saturated rings. The van der Waals surface area contributed by atoms with Crippen LogP contribution in [-0.4, -0.2) is 43.4 Å². The van der Waals surface area contributed by atoms with Gasteiger partial charge >= 0.3 is 0 Å². The first-order chi connectivity index (χ1) is 8.65. The number of nitrogens with zero attached hydrogens (tertiary/aromatic N) is 2. The van der Waals surface area contributed by atoms with E-state index >= 15 is 0 Å². The van der Waals surface area contributed by atoms with Gasteiger partial charge in [0.05, 0.1) is 7.11 Å². The summed E-state index contributed by atoms with van der Waals surface area (Å²) in [5.41, 5.74) is 0. The summed E-state index contributed by atoms with van der Waals surface area (Å²) in [7, 11) is 3.28. The van der Waals surface area contributed by atoms with Crippen LogP contribution in [0.25, 0.3) is 0 Å². The lowest BCUT2D eigenvalue weighted by molar-refractivity contribution is 0.197. The van der Waals surface area contributed by atoms with E-state index in [9.17, 15) is 0 Å². The van der Waals surface area contributed by atoms with Gasteiger partial charge < -0.3 is 20.1 Å². The van der Waals surface area contributed by atoms with E-state index in [4.69, 9.17) is 9.47 Å². The van der Waals surface area contributed by atoms with Gasteiger partial charge in [0.25, 0.3) is 0 Å². The molecule has 0 spiro atoms. The molecule has 0 saturated carbocycles. The van der Waals surface area contributed by atoms with Crippen molar-refractivity contribution in [3.8, 4) is 5.88 Å². The third-order valence-corrected chi connectivity index (χ3v) is 2.16. The summed E-state index contributed by atoms with van der Waals surface area (Å²) in [5, 5.41) is 6.37. The van der Waals surface area contributed by atoms with E-state index in [0.717, 1.165) is 18.8 Å². The summed E-state index contributed by atoms with van der Waals surface area (Å²) in [6.07, 6.45) is 0.907. The van der Waals surface area contributed by atoms with Crippen molar-refractivity contribution in [2.45, 2.75) is 26.3 Å². The molecule has 1 aromatic heterocycles. The molecule has 1 rings (SSSR count). The molecular weight excluding hydrogens is 232 g/mol. The lowest BCUT2D eigenvalue weighted by Crippen LogP contribution is -2.14. The largest absolute Gasteiger partial charge is 0.481 e. The third-order valence-electron chi connectivity index (χ3n) is 2.16. The summed E-state index contributed by atoms with van der Waals surface area (Å²) in [6, 6.07) is 2.09. The standard InChI is InChI=1S/C12H22N4O2/c1-9(2)14-10-8-11(18-4)16-12(15-10)13-6-5-7-17-3/h8-9H,5-7H2,1-4H3,(H2,13,14,15,16). The smallest absolute Gasteiger partial charge is 0.227 e. The third kappa shape index (κ3) is 5.18. The van der Waals surface area contributed by atoms with Gasteiger partial charge in [-0.15, -0.1) is 0 Å². The molecule has 0 bridgehead atoms. The molecular formula is C12H22N4O2. The van der Waals surface area contributed by atoms with Gasteiger partial charge in [-0.05, 0) is 20.3 Å². The van der Waals surface area contributed by atoms with E-state index in [0.29, 0.717) is 24.5 Å². The fourth-order valence-electron chi connectivity index (χ4n) is 1.40. The van der Waals surface area contributed by atoms with Gasteiger partial charge in [0.15, 0.2) is 0 Å². The first-order valence-electron chi connectivity index (χ1n) is 6.08. The van der Waals surface area contributed by atoms with Crippen LogP contribution >= 0.6 is 0 Å². The molecule has 0 aliphatic heterocycles. The SMILES string of the molecule is COCCCNc1nc(NC(C)C)cc(OC)n1. The fourth-order valence-corrected chi connectivity index (χ4v) is 1.40. The first kappa shape index (κ1) is 14.5. The van der Waals surface area contributed by atoms with Gasteiger partial charge in [-0.25, -0.2) is 0 Å². The van der Waals surface area contributed by atoms with Crippen LogP contribution in [0.1, 0.15) is 20.3 Å². The molecule has 0 aliphatic carbocycles. The van der Waals surface area contributed by atoms with Gasteiger partial charge in [-0.1, -0.05) is 0 Å². The summed E-state index contributed by atoms with van der Waals surface area (Å²) >= 11 is 0. The number of methoxy groups -OCH3 is 2. The highest BCUT2D eigenvalue weighted by atomic mass is 16.5. The molecule has 18 heavy (non-hydrogen) atoms. The van der Waals surface area contributed by atoms with Crippen molar-refractivity contribution >= 4 is 11.8 Å². The average Bonchev–Trinajstić information content (AvgIpc) is 2.33. The highest BCUT2D eigenvalue weighted by Gasteiger charge is 2.05. The Labute approximate surface area is 108 Å². The highest BCUT2D eigenvalue weighted by molar-refractivity contribution is 5.44. The maximum atomic E-state index is 5.15. The van der Waals surface area contributed by atoms with Crippen LogP contribution in [0.5, 0.6) is 5.88 Å². The van der Waals surface area contributed by atoms with Gasteiger partial charge in [0.2, 0.25) is 11.8 Å². The molecule has 0 unspecified atom stereocenters. The minimum atomic E-state index is 0.311. The van der Waals surface area contributed by atoms with Crippen LogP contribution in [0.2, 0.25) is 0 Å². The zero-order valence-electron chi connectivity index (χ0n) is 11.5. The highest BCUT2D eigenvalue weighted by Crippen LogP contribution is 2.16. The predicted octanol–water partition coefficient (Wildman–Crippen LogP) is 1.75. The molecule has 102 valence electrons. The van der Waals surface area contributed by atoms with Gasteiger partial charge in [0.1, 0.15) is 5.82 Å². The Balaban J connectivity index is 2.64. The summed E-state index contributed by atoms with van der Waals surface area (Å²) < 4.78 is 10.1. The van der Waals surface area contributed by atoms with Crippen molar-refractivity contribution in [3.05, 3.63) is 6.07 Å². The Morgan fingerprint density at radius 1 is 1.28 bits per heavy atom. The van der Waals surface area contributed by atoms with Crippen LogP contribution in [0.4, 0.5) is 11.8 Å². The monoisotopic (exact) mass is 254 g/mol. The summed E-state index contributed by atoms with van der Waals surface area (Å²) in [5.74, 6) is 1.86. The second-order valence-corrected chi connectivity index (χ2v) is 4.19. The van der Waals surface area contributed by atoms with Crippen LogP contribution in [-0.2, 0) is 4.74 Å². The molecule has 0 radical (unpaired) electrons.